The number of rotatable bonds is 4. The minimum atomic E-state index is -4.17. The van der Waals surface area contributed by atoms with E-state index < -0.39 is 26.6 Å². The largest absolute Gasteiger partial charge is 0.324 e. The van der Waals surface area contributed by atoms with Crippen LogP contribution < -0.4 is 5.32 Å². The lowest BCUT2D eigenvalue weighted by atomic mass is 9.97. The molecule has 0 spiro atoms. The van der Waals surface area contributed by atoms with Crippen molar-refractivity contribution in [2.45, 2.75) is 17.7 Å². The summed E-state index contributed by atoms with van der Waals surface area (Å²) in [5.41, 5.74) is 1.38. The van der Waals surface area contributed by atoms with E-state index in [0.29, 0.717) is 11.8 Å². The number of nitrogens with zero attached hydrogens (tertiary/aromatic N) is 2. The van der Waals surface area contributed by atoms with E-state index in [1.165, 1.54) is 0 Å². The first-order valence-corrected chi connectivity index (χ1v) is 10.9. The lowest BCUT2D eigenvalue weighted by molar-refractivity contribution is -0.120. The Morgan fingerprint density at radius 3 is 2.57 bits per heavy atom. The summed E-state index contributed by atoms with van der Waals surface area (Å²) < 4.78 is 53.8. The normalized spacial score (nSPS) is 15.9. The van der Waals surface area contributed by atoms with Crippen LogP contribution in [0.3, 0.4) is 0 Å². The van der Waals surface area contributed by atoms with Gasteiger partial charge in [-0.15, -0.1) is 0 Å². The zero-order valence-electron chi connectivity index (χ0n) is 15.9. The van der Waals surface area contributed by atoms with Gasteiger partial charge in [-0.1, -0.05) is 18.2 Å². The van der Waals surface area contributed by atoms with Gasteiger partial charge in [-0.3, -0.25) is 9.78 Å². The molecule has 0 atom stereocenters. The van der Waals surface area contributed by atoms with E-state index >= 15 is 0 Å². The Balaban J connectivity index is 1.42. The van der Waals surface area contributed by atoms with Gasteiger partial charge in [-0.2, -0.15) is 4.31 Å². The van der Waals surface area contributed by atoms with Crippen LogP contribution >= 0.6 is 0 Å². The number of anilines is 1. The van der Waals surface area contributed by atoms with Crippen molar-refractivity contribution >= 4 is 32.5 Å². The molecule has 1 amide bonds. The standard InChI is InChI=1S/C21H19F2N3O3S/c22-16-5-6-18(23)20(12-16)30(28,29)26-9-7-14(8-10-26)21(27)25-17-11-15-3-1-2-4-19(15)24-13-17/h1-6,11-14H,7-10H2,(H,25,27). The molecule has 1 aromatic heterocycles. The molecule has 6 nitrogen and oxygen atoms in total. The smallest absolute Gasteiger partial charge is 0.246 e. The molecular weight excluding hydrogens is 412 g/mol. The monoisotopic (exact) mass is 431 g/mol. The first-order chi connectivity index (χ1) is 14.3. The van der Waals surface area contributed by atoms with Gasteiger partial charge in [0.25, 0.3) is 0 Å². The molecule has 1 aliphatic heterocycles. The molecule has 1 saturated heterocycles. The lowest BCUT2D eigenvalue weighted by Gasteiger charge is -2.30. The van der Waals surface area contributed by atoms with E-state index in [4.69, 9.17) is 0 Å². The third-order valence-corrected chi connectivity index (χ3v) is 7.11. The number of hydrogen-bond acceptors (Lipinski definition) is 4. The molecule has 30 heavy (non-hydrogen) atoms. The molecule has 1 fully saturated rings. The molecule has 1 aliphatic rings. The SMILES string of the molecule is O=C(Nc1cnc2ccccc2c1)C1CCN(S(=O)(=O)c2cc(F)ccc2F)CC1. The summed E-state index contributed by atoms with van der Waals surface area (Å²) in [4.78, 5) is 16.2. The van der Waals surface area contributed by atoms with E-state index in [2.05, 4.69) is 10.3 Å². The Kier molecular flexibility index (Phi) is 5.48. The minimum absolute atomic E-state index is 0.0480. The van der Waals surface area contributed by atoms with Gasteiger partial charge in [0.1, 0.15) is 16.5 Å². The molecular formula is C21H19F2N3O3S. The summed E-state index contributed by atoms with van der Waals surface area (Å²) in [6.45, 7) is 0.0959. The predicted octanol–water partition coefficient (Wildman–Crippen LogP) is 3.55. The van der Waals surface area contributed by atoms with Gasteiger partial charge >= 0.3 is 0 Å². The van der Waals surface area contributed by atoms with Crippen molar-refractivity contribution in [3.63, 3.8) is 0 Å². The van der Waals surface area contributed by atoms with Crippen molar-refractivity contribution in [2.24, 2.45) is 5.92 Å². The first-order valence-electron chi connectivity index (χ1n) is 9.45. The number of carbonyl (C=O) groups is 1. The number of hydrogen-bond donors (Lipinski definition) is 1. The molecule has 2 heterocycles. The number of carbonyl (C=O) groups excluding carboxylic acids is 1. The van der Waals surface area contributed by atoms with Gasteiger partial charge in [0.2, 0.25) is 15.9 Å². The van der Waals surface area contributed by atoms with Crippen molar-refractivity contribution in [3.8, 4) is 0 Å². The molecule has 3 aromatic rings. The number of amides is 1. The number of benzene rings is 2. The Morgan fingerprint density at radius 1 is 1.07 bits per heavy atom. The highest BCUT2D eigenvalue weighted by Gasteiger charge is 2.33. The maximum absolute atomic E-state index is 13.9. The summed E-state index contributed by atoms with van der Waals surface area (Å²) in [5.74, 6) is -2.44. The van der Waals surface area contributed by atoms with Crippen LogP contribution in [0.5, 0.6) is 0 Å². The topological polar surface area (TPSA) is 79.4 Å². The highest BCUT2D eigenvalue weighted by atomic mass is 32.2. The molecule has 0 unspecified atom stereocenters. The van der Waals surface area contributed by atoms with Crippen LogP contribution in [0.2, 0.25) is 0 Å². The maximum atomic E-state index is 13.9. The molecule has 4 rings (SSSR count). The number of nitrogens with one attached hydrogen (secondary N) is 1. The van der Waals surface area contributed by atoms with Gasteiger partial charge in [0, 0.05) is 24.4 Å². The second-order valence-corrected chi connectivity index (χ2v) is 9.07. The summed E-state index contributed by atoms with van der Waals surface area (Å²) >= 11 is 0. The summed E-state index contributed by atoms with van der Waals surface area (Å²) in [5, 5.41) is 3.72. The number of pyridine rings is 1. The Labute approximate surface area is 172 Å². The van der Waals surface area contributed by atoms with Gasteiger partial charge in [0.15, 0.2) is 0 Å². The molecule has 156 valence electrons. The van der Waals surface area contributed by atoms with Crippen LogP contribution in [0, 0.1) is 17.6 Å². The fourth-order valence-electron chi connectivity index (χ4n) is 3.56. The molecule has 9 heteroatoms. The first kappa shape index (κ1) is 20.4. The molecule has 1 N–H and O–H groups in total. The van der Waals surface area contributed by atoms with Gasteiger partial charge in [-0.05, 0) is 43.2 Å². The van der Waals surface area contributed by atoms with E-state index in [1.54, 1.807) is 6.20 Å². The van der Waals surface area contributed by atoms with Crippen LogP contribution in [0.25, 0.3) is 10.9 Å². The predicted molar refractivity (Wildman–Crippen MR) is 108 cm³/mol. The van der Waals surface area contributed by atoms with Crippen LogP contribution in [-0.2, 0) is 14.8 Å². The average molecular weight is 431 g/mol. The highest BCUT2D eigenvalue weighted by molar-refractivity contribution is 7.89. The number of sulfonamides is 1. The Hall–Kier alpha value is -2.91. The fourth-order valence-corrected chi connectivity index (χ4v) is 5.10. The molecule has 2 aromatic carbocycles. The van der Waals surface area contributed by atoms with Gasteiger partial charge in [0.05, 0.1) is 17.4 Å². The highest BCUT2D eigenvalue weighted by Crippen LogP contribution is 2.27. The Morgan fingerprint density at radius 2 is 1.80 bits per heavy atom. The zero-order valence-corrected chi connectivity index (χ0v) is 16.7. The zero-order chi connectivity index (χ0) is 21.3. The number of piperidine rings is 1. The third kappa shape index (κ3) is 4.03. The number of para-hydroxylation sites is 1. The van der Waals surface area contributed by atoms with E-state index in [-0.39, 0.29) is 37.8 Å². The molecule has 0 radical (unpaired) electrons. The minimum Gasteiger partial charge on any atom is -0.324 e. The average Bonchev–Trinajstić information content (AvgIpc) is 2.75. The number of fused-ring (bicyclic) bond motifs is 1. The van der Waals surface area contributed by atoms with Crippen molar-refractivity contribution in [2.75, 3.05) is 18.4 Å². The lowest BCUT2D eigenvalue weighted by Crippen LogP contribution is -2.41. The van der Waals surface area contributed by atoms with Crippen LogP contribution in [0.15, 0.2) is 59.6 Å². The molecule has 0 saturated carbocycles. The summed E-state index contributed by atoms with van der Waals surface area (Å²) in [6, 6.07) is 11.7. The molecule has 0 aliphatic carbocycles. The van der Waals surface area contributed by atoms with Crippen LogP contribution in [0.1, 0.15) is 12.8 Å². The summed E-state index contributed by atoms with van der Waals surface area (Å²) in [7, 11) is -4.17. The van der Waals surface area contributed by atoms with Crippen molar-refractivity contribution in [3.05, 3.63) is 66.4 Å². The van der Waals surface area contributed by atoms with Crippen molar-refractivity contribution in [1.29, 1.82) is 0 Å². The van der Waals surface area contributed by atoms with Crippen molar-refractivity contribution < 1.29 is 22.0 Å². The molecule has 0 bridgehead atoms. The summed E-state index contributed by atoms with van der Waals surface area (Å²) in [6.07, 6.45) is 2.14. The van der Waals surface area contributed by atoms with Gasteiger partial charge in [-0.25, -0.2) is 17.2 Å². The number of halogens is 2. The van der Waals surface area contributed by atoms with E-state index in [0.717, 1.165) is 27.3 Å². The second-order valence-electron chi connectivity index (χ2n) is 7.16. The number of aromatic nitrogens is 1. The van der Waals surface area contributed by atoms with E-state index in [9.17, 15) is 22.0 Å². The van der Waals surface area contributed by atoms with Crippen LogP contribution in [-0.4, -0.2) is 36.7 Å². The van der Waals surface area contributed by atoms with Crippen molar-refractivity contribution in [1.82, 2.24) is 9.29 Å². The van der Waals surface area contributed by atoms with Crippen LogP contribution in [0.4, 0.5) is 14.5 Å². The Bertz CT molecular complexity index is 1210. The fraction of sp³-hybridized carbons (Fsp3) is 0.238. The van der Waals surface area contributed by atoms with E-state index in [1.807, 2.05) is 30.3 Å². The maximum Gasteiger partial charge on any atom is 0.246 e. The second kappa shape index (κ2) is 8.08. The quantitative estimate of drug-likeness (QED) is 0.685. The van der Waals surface area contributed by atoms with Gasteiger partial charge < -0.3 is 5.32 Å². The third-order valence-electron chi connectivity index (χ3n) is 5.19.